The molecule has 0 saturated heterocycles. The number of aromatic hydroxyl groups is 2. The second-order valence-electron chi connectivity index (χ2n) is 5.82. The van der Waals surface area contributed by atoms with Gasteiger partial charge >= 0.3 is 0 Å². The molecular weight excluding hydrogens is 280 g/mol. The van der Waals surface area contributed by atoms with Crippen LogP contribution in [0.1, 0.15) is 53.3 Å². The van der Waals surface area contributed by atoms with Crippen LogP contribution >= 0.6 is 0 Å². The van der Waals surface area contributed by atoms with E-state index in [4.69, 9.17) is 0 Å². The summed E-state index contributed by atoms with van der Waals surface area (Å²) < 4.78 is 0. The molecule has 2 aromatic rings. The molecule has 0 radical (unpaired) electrons. The number of carbonyl (C=O) groups excluding carboxylic acids is 2. The largest absolute Gasteiger partial charge is 0.507 e. The Morgan fingerprint density at radius 1 is 1.05 bits per heavy atom. The minimum absolute atomic E-state index is 0.00597. The molecule has 1 aliphatic rings. The summed E-state index contributed by atoms with van der Waals surface area (Å²) in [7, 11) is 0. The predicted octanol–water partition coefficient (Wildman–Crippen LogP) is 3.83. The summed E-state index contributed by atoms with van der Waals surface area (Å²) in [5.74, 6) is -1.29. The zero-order chi connectivity index (χ0) is 15.9. The molecule has 2 N–H and O–H groups in total. The van der Waals surface area contributed by atoms with Crippen molar-refractivity contribution in [3.05, 3.63) is 35.4 Å². The van der Waals surface area contributed by atoms with Gasteiger partial charge in [0.1, 0.15) is 11.5 Å². The number of benzene rings is 2. The van der Waals surface area contributed by atoms with Gasteiger partial charge in [-0.15, -0.1) is 0 Å². The van der Waals surface area contributed by atoms with Gasteiger partial charge in [0.2, 0.25) is 0 Å². The average molecular weight is 298 g/mol. The lowest BCUT2D eigenvalue weighted by atomic mass is 9.77. The summed E-state index contributed by atoms with van der Waals surface area (Å²) in [6.45, 7) is 2.03. The van der Waals surface area contributed by atoms with E-state index in [9.17, 15) is 19.8 Å². The third-order valence-corrected chi connectivity index (χ3v) is 4.39. The van der Waals surface area contributed by atoms with Gasteiger partial charge in [0.15, 0.2) is 11.6 Å². The van der Waals surface area contributed by atoms with Crippen molar-refractivity contribution >= 4 is 22.3 Å². The van der Waals surface area contributed by atoms with E-state index in [1.54, 1.807) is 24.3 Å². The van der Waals surface area contributed by atoms with Crippen LogP contribution in [0.2, 0.25) is 0 Å². The van der Waals surface area contributed by atoms with E-state index in [1.165, 1.54) is 0 Å². The minimum Gasteiger partial charge on any atom is -0.507 e. The van der Waals surface area contributed by atoms with Crippen LogP contribution in [-0.4, -0.2) is 21.8 Å². The second kappa shape index (κ2) is 5.44. The maximum atomic E-state index is 12.7. The molecule has 0 heterocycles. The number of unbranched alkanes of at least 4 members (excludes halogenated alkanes) is 1. The molecule has 1 unspecified atom stereocenters. The van der Waals surface area contributed by atoms with Gasteiger partial charge in [-0.3, -0.25) is 9.59 Å². The maximum absolute atomic E-state index is 12.7. The molecule has 4 heteroatoms. The molecule has 1 atom stereocenters. The van der Waals surface area contributed by atoms with Gasteiger partial charge in [-0.05, 0) is 6.42 Å². The molecule has 114 valence electrons. The quantitative estimate of drug-likeness (QED) is 0.845. The zero-order valence-electron chi connectivity index (χ0n) is 12.4. The Labute approximate surface area is 128 Å². The molecule has 2 aromatic carbocycles. The Hall–Kier alpha value is -2.36. The van der Waals surface area contributed by atoms with E-state index in [0.717, 1.165) is 12.8 Å². The fourth-order valence-corrected chi connectivity index (χ4v) is 3.22. The van der Waals surface area contributed by atoms with Crippen molar-refractivity contribution < 1.29 is 19.8 Å². The van der Waals surface area contributed by atoms with Gasteiger partial charge in [0, 0.05) is 23.1 Å². The van der Waals surface area contributed by atoms with Crippen LogP contribution in [0.4, 0.5) is 0 Å². The van der Waals surface area contributed by atoms with E-state index in [1.807, 2.05) is 6.92 Å². The van der Waals surface area contributed by atoms with Crippen molar-refractivity contribution in [3.8, 4) is 11.5 Å². The summed E-state index contributed by atoms with van der Waals surface area (Å²) >= 11 is 0. The first-order valence-electron chi connectivity index (χ1n) is 7.60. The molecule has 0 spiro atoms. The maximum Gasteiger partial charge on any atom is 0.171 e. The molecule has 0 saturated carbocycles. The van der Waals surface area contributed by atoms with Gasteiger partial charge < -0.3 is 10.2 Å². The lowest BCUT2D eigenvalue weighted by molar-refractivity contribution is 0.0810. The number of Topliss-reactive ketones (excluding diaryl/α,β-unsaturated/α-hetero) is 2. The van der Waals surface area contributed by atoms with Crippen LogP contribution in [0.3, 0.4) is 0 Å². The van der Waals surface area contributed by atoms with Crippen LogP contribution in [0, 0.1) is 5.92 Å². The molecule has 4 nitrogen and oxygen atoms in total. The number of carbonyl (C=O) groups is 2. The lowest BCUT2D eigenvalue weighted by Crippen LogP contribution is -2.27. The fourth-order valence-electron chi connectivity index (χ4n) is 3.22. The van der Waals surface area contributed by atoms with E-state index >= 15 is 0 Å². The van der Waals surface area contributed by atoms with Gasteiger partial charge in [0.25, 0.3) is 0 Å². The molecule has 0 fully saturated rings. The third kappa shape index (κ3) is 2.06. The molecule has 1 aliphatic carbocycles. The van der Waals surface area contributed by atoms with Crippen molar-refractivity contribution in [2.75, 3.05) is 0 Å². The Kier molecular flexibility index (Phi) is 3.61. The van der Waals surface area contributed by atoms with Gasteiger partial charge in [-0.1, -0.05) is 44.0 Å². The van der Waals surface area contributed by atoms with Crippen LogP contribution in [-0.2, 0) is 0 Å². The van der Waals surface area contributed by atoms with Crippen molar-refractivity contribution in [2.24, 2.45) is 5.92 Å². The summed E-state index contributed by atoms with van der Waals surface area (Å²) in [4.78, 5) is 25.1. The highest BCUT2D eigenvalue weighted by Gasteiger charge is 2.37. The summed E-state index contributed by atoms with van der Waals surface area (Å²) in [6.07, 6.45) is 2.55. The van der Waals surface area contributed by atoms with Crippen LogP contribution in [0.15, 0.2) is 24.3 Å². The fraction of sp³-hybridized carbons (Fsp3) is 0.333. The van der Waals surface area contributed by atoms with E-state index in [2.05, 4.69) is 0 Å². The zero-order valence-corrected chi connectivity index (χ0v) is 12.4. The topological polar surface area (TPSA) is 74.6 Å². The van der Waals surface area contributed by atoms with Crippen LogP contribution in [0.25, 0.3) is 10.8 Å². The van der Waals surface area contributed by atoms with Gasteiger partial charge in [-0.25, -0.2) is 0 Å². The van der Waals surface area contributed by atoms with Crippen molar-refractivity contribution in [2.45, 2.75) is 32.6 Å². The smallest absolute Gasteiger partial charge is 0.171 e. The SMILES string of the molecule is CCCCC1CC(=O)c2c(c(O)c3ccccc3c2O)C1=O. The van der Waals surface area contributed by atoms with Gasteiger partial charge in [-0.2, -0.15) is 0 Å². The number of rotatable bonds is 3. The molecule has 0 aromatic heterocycles. The van der Waals surface area contributed by atoms with Crippen molar-refractivity contribution in [1.29, 1.82) is 0 Å². The minimum atomic E-state index is -0.397. The molecular formula is C18H18O4. The molecule has 22 heavy (non-hydrogen) atoms. The van der Waals surface area contributed by atoms with Crippen molar-refractivity contribution in [3.63, 3.8) is 0 Å². The lowest BCUT2D eigenvalue weighted by Gasteiger charge is -2.24. The molecule has 0 amide bonds. The second-order valence-corrected chi connectivity index (χ2v) is 5.82. The van der Waals surface area contributed by atoms with Gasteiger partial charge in [0.05, 0.1) is 11.1 Å². The van der Waals surface area contributed by atoms with Crippen LogP contribution in [0.5, 0.6) is 11.5 Å². The average Bonchev–Trinajstić information content (AvgIpc) is 2.53. The highest BCUT2D eigenvalue weighted by Crippen LogP contribution is 2.44. The molecule has 3 rings (SSSR count). The first-order valence-corrected chi connectivity index (χ1v) is 7.60. The number of hydrogen-bond donors (Lipinski definition) is 2. The monoisotopic (exact) mass is 298 g/mol. The Bertz CT molecular complexity index is 776. The molecule has 0 bridgehead atoms. The summed E-state index contributed by atoms with van der Waals surface area (Å²) in [6, 6.07) is 6.70. The first kappa shape index (κ1) is 14.6. The standard InChI is InChI=1S/C18H18O4/c1-2-3-6-10-9-13(19)14-15(16(10)20)18(22)12-8-5-4-7-11(12)17(14)21/h4-5,7-8,10,21-22H,2-3,6,9H2,1H3. The number of fused-ring (bicyclic) bond motifs is 2. The summed E-state index contributed by atoms with van der Waals surface area (Å²) in [5, 5.41) is 21.6. The first-order chi connectivity index (χ1) is 10.6. The Morgan fingerprint density at radius 3 is 2.23 bits per heavy atom. The van der Waals surface area contributed by atoms with Crippen LogP contribution < -0.4 is 0 Å². The highest BCUT2D eigenvalue weighted by molar-refractivity contribution is 6.21. The Balaban J connectivity index is 2.23. The number of hydrogen-bond acceptors (Lipinski definition) is 4. The predicted molar refractivity (Wildman–Crippen MR) is 83.6 cm³/mol. The Morgan fingerprint density at radius 2 is 1.64 bits per heavy atom. The number of ketones is 2. The normalized spacial score (nSPS) is 17.8. The number of phenolic OH excluding ortho intramolecular Hbond substituents is 2. The molecule has 0 aliphatic heterocycles. The van der Waals surface area contributed by atoms with Crippen molar-refractivity contribution in [1.82, 2.24) is 0 Å². The van der Waals surface area contributed by atoms with E-state index < -0.39 is 5.92 Å². The number of phenols is 2. The van der Waals surface area contributed by atoms with E-state index in [-0.39, 0.29) is 40.6 Å². The summed E-state index contributed by atoms with van der Waals surface area (Å²) in [5.41, 5.74) is -0.0255. The van der Waals surface area contributed by atoms with E-state index in [0.29, 0.717) is 17.2 Å². The third-order valence-electron chi connectivity index (χ3n) is 4.39. The highest BCUT2D eigenvalue weighted by atomic mass is 16.3.